The summed E-state index contributed by atoms with van der Waals surface area (Å²) in [7, 11) is 0. The van der Waals surface area contributed by atoms with E-state index in [0.717, 1.165) is 12.8 Å². The lowest BCUT2D eigenvalue weighted by atomic mass is 9.78. The van der Waals surface area contributed by atoms with Crippen molar-refractivity contribution in [1.29, 1.82) is 0 Å². The predicted octanol–water partition coefficient (Wildman–Crippen LogP) is 1.47. The van der Waals surface area contributed by atoms with E-state index in [2.05, 4.69) is 17.0 Å². The number of esters is 1. The van der Waals surface area contributed by atoms with Gasteiger partial charge in [0.15, 0.2) is 0 Å². The zero-order valence-corrected chi connectivity index (χ0v) is 8.69. The summed E-state index contributed by atoms with van der Waals surface area (Å²) in [5.41, 5.74) is 0.0598. The van der Waals surface area contributed by atoms with Crippen LogP contribution in [0.1, 0.15) is 32.6 Å². The minimum absolute atomic E-state index is 0.0598. The van der Waals surface area contributed by atoms with Gasteiger partial charge >= 0.3 is 11.9 Å². The van der Waals surface area contributed by atoms with E-state index >= 15 is 0 Å². The molecule has 0 bridgehead atoms. The van der Waals surface area contributed by atoms with Crippen LogP contribution < -0.4 is 5.32 Å². The molecule has 1 atom stereocenters. The second-order valence-corrected chi connectivity index (χ2v) is 4.73. The number of rotatable bonds is 3. The number of halogens is 2. The van der Waals surface area contributed by atoms with Gasteiger partial charge in [0, 0.05) is 12.1 Å². The highest BCUT2D eigenvalue weighted by Crippen LogP contribution is 2.33. The summed E-state index contributed by atoms with van der Waals surface area (Å²) >= 11 is 0. The largest absolute Gasteiger partial charge is 0.456 e. The Kier molecular flexibility index (Phi) is 2.45. The third-order valence-electron chi connectivity index (χ3n) is 3.27. The maximum atomic E-state index is 12.8. The van der Waals surface area contributed by atoms with Gasteiger partial charge in [-0.25, -0.2) is 4.79 Å². The van der Waals surface area contributed by atoms with Gasteiger partial charge in [-0.1, -0.05) is 0 Å². The van der Waals surface area contributed by atoms with Crippen molar-refractivity contribution in [2.24, 2.45) is 0 Å². The maximum Gasteiger partial charge on any atom is 0.377 e. The van der Waals surface area contributed by atoms with Gasteiger partial charge in [0.25, 0.3) is 0 Å². The van der Waals surface area contributed by atoms with Gasteiger partial charge in [0.05, 0.1) is 6.42 Å². The van der Waals surface area contributed by atoms with Crippen molar-refractivity contribution < 1.29 is 18.3 Å². The zero-order valence-electron chi connectivity index (χ0n) is 8.69. The van der Waals surface area contributed by atoms with Crippen molar-refractivity contribution in [3.63, 3.8) is 0 Å². The summed E-state index contributed by atoms with van der Waals surface area (Å²) in [6, 6.07) is 0. The Labute approximate surface area is 87.2 Å². The normalized spacial score (nSPS) is 32.2. The first-order valence-corrected chi connectivity index (χ1v) is 5.25. The van der Waals surface area contributed by atoms with Crippen molar-refractivity contribution in [3.8, 4) is 0 Å². The number of carbonyl (C=O) groups excluding carboxylic acids is 1. The summed E-state index contributed by atoms with van der Waals surface area (Å²) in [6.45, 7) is 2.39. The minimum Gasteiger partial charge on any atom is -0.456 e. The van der Waals surface area contributed by atoms with Crippen LogP contribution in [0.4, 0.5) is 8.78 Å². The molecule has 1 saturated carbocycles. The van der Waals surface area contributed by atoms with E-state index < -0.39 is 24.4 Å². The Morgan fingerprint density at radius 2 is 2.20 bits per heavy atom. The quantitative estimate of drug-likeness (QED) is 0.730. The summed E-state index contributed by atoms with van der Waals surface area (Å²) in [6.07, 6.45) is 2.12. The van der Waals surface area contributed by atoms with E-state index in [1.807, 2.05) is 0 Å². The summed E-state index contributed by atoms with van der Waals surface area (Å²) in [4.78, 5) is 10.7. The fourth-order valence-corrected chi connectivity index (χ4v) is 2.01. The molecule has 1 unspecified atom stereocenters. The highest BCUT2D eigenvalue weighted by atomic mass is 19.3. The molecular formula is C10H15F2NO2. The Hall–Kier alpha value is -0.710. The summed E-state index contributed by atoms with van der Waals surface area (Å²) in [5.74, 6) is -4.67. The molecule has 0 spiro atoms. The van der Waals surface area contributed by atoms with Crippen LogP contribution in [0, 0.1) is 0 Å². The summed E-state index contributed by atoms with van der Waals surface area (Å²) in [5, 5.41) is 3.19. The van der Waals surface area contributed by atoms with Crippen LogP contribution in [-0.2, 0) is 9.53 Å². The Balaban J connectivity index is 1.80. The molecule has 0 amide bonds. The van der Waals surface area contributed by atoms with Gasteiger partial charge in [-0.05, 0) is 26.2 Å². The van der Waals surface area contributed by atoms with Gasteiger partial charge < -0.3 is 10.1 Å². The minimum atomic E-state index is -3.28. The van der Waals surface area contributed by atoms with Crippen molar-refractivity contribution in [1.82, 2.24) is 5.32 Å². The smallest absolute Gasteiger partial charge is 0.377 e. The second-order valence-electron chi connectivity index (χ2n) is 4.73. The monoisotopic (exact) mass is 219 g/mol. The number of hydrogen-bond acceptors (Lipinski definition) is 3. The average Bonchev–Trinajstić information content (AvgIpc) is 2.34. The zero-order chi connectivity index (χ0) is 11.1. The fraction of sp³-hybridized carbons (Fsp3) is 0.900. The molecule has 0 radical (unpaired) electrons. The van der Waals surface area contributed by atoms with Crippen LogP contribution in [-0.4, -0.2) is 30.1 Å². The van der Waals surface area contributed by atoms with Crippen LogP contribution in [0.3, 0.4) is 0 Å². The van der Waals surface area contributed by atoms with Crippen molar-refractivity contribution in [2.45, 2.75) is 50.2 Å². The lowest BCUT2D eigenvalue weighted by Crippen LogP contribution is -2.50. The molecule has 1 aliphatic heterocycles. The SMILES string of the molecule is CC1(NCC2CC(F)(F)C(=O)O2)CCC1. The predicted molar refractivity (Wildman–Crippen MR) is 49.7 cm³/mol. The van der Waals surface area contributed by atoms with Gasteiger partial charge in [-0.2, -0.15) is 8.78 Å². The van der Waals surface area contributed by atoms with Crippen molar-refractivity contribution in [2.75, 3.05) is 6.54 Å². The number of cyclic esters (lactones) is 1. The van der Waals surface area contributed by atoms with Gasteiger partial charge in [-0.3, -0.25) is 0 Å². The molecule has 2 rings (SSSR count). The molecule has 2 fully saturated rings. The highest BCUT2D eigenvalue weighted by Gasteiger charge is 2.51. The molecule has 15 heavy (non-hydrogen) atoms. The highest BCUT2D eigenvalue weighted by molar-refractivity contribution is 5.79. The molecular weight excluding hydrogens is 204 g/mol. The van der Waals surface area contributed by atoms with E-state index in [4.69, 9.17) is 0 Å². The lowest BCUT2D eigenvalue weighted by Gasteiger charge is -2.40. The van der Waals surface area contributed by atoms with Crippen molar-refractivity contribution in [3.05, 3.63) is 0 Å². The molecule has 2 aliphatic rings. The topological polar surface area (TPSA) is 38.3 Å². The fourth-order valence-electron chi connectivity index (χ4n) is 2.01. The van der Waals surface area contributed by atoms with Crippen LogP contribution in [0.15, 0.2) is 0 Å². The molecule has 0 aromatic heterocycles. The second kappa shape index (κ2) is 3.40. The number of alkyl halides is 2. The first-order valence-electron chi connectivity index (χ1n) is 5.25. The van der Waals surface area contributed by atoms with Crippen LogP contribution >= 0.6 is 0 Å². The summed E-state index contributed by atoms with van der Waals surface area (Å²) < 4.78 is 30.2. The first-order chi connectivity index (χ1) is 6.91. The number of carbonyl (C=O) groups is 1. The van der Waals surface area contributed by atoms with Crippen LogP contribution in [0.2, 0.25) is 0 Å². The van der Waals surface area contributed by atoms with Gasteiger partial charge in [0.1, 0.15) is 6.10 Å². The van der Waals surface area contributed by atoms with E-state index in [9.17, 15) is 13.6 Å². The molecule has 0 aromatic carbocycles. The third-order valence-corrected chi connectivity index (χ3v) is 3.27. The molecule has 3 nitrogen and oxygen atoms in total. The molecule has 1 N–H and O–H groups in total. The molecule has 1 saturated heterocycles. The van der Waals surface area contributed by atoms with E-state index in [1.54, 1.807) is 0 Å². The Bertz CT molecular complexity index is 277. The number of hydrogen-bond donors (Lipinski definition) is 1. The average molecular weight is 219 g/mol. The Morgan fingerprint density at radius 3 is 2.60 bits per heavy atom. The molecule has 1 heterocycles. The first kappa shape index (κ1) is 10.8. The van der Waals surface area contributed by atoms with Crippen LogP contribution in [0.5, 0.6) is 0 Å². The standard InChI is InChI=1S/C10H15F2NO2/c1-9(3-2-4-9)13-6-7-5-10(11,12)8(14)15-7/h7,13H,2-6H2,1H3. The maximum absolute atomic E-state index is 12.8. The van der Waals surface area contributed by atoms with Crippen molar-refractivity contribution >= 4 is 5.97 Å². The van der Waals surface area contributed by atoms with Gasteiger partial charge in [0.2, 0.25) is 0 Å². The Morgan fingerprint density at radius 1 is 1.53 bits per heavy atom. The molecule has 0 aromatic rings. The van der Waals surface area contributed by atoms with Gasteiger partial charge in [-0.15, -0.1) is 0 Å². The van der Waals surface area contributed by atoms with Crippen LogP contribution in [0.25, 0.3) is 0 Å². The number of ether oxygens (including phenoxy) is 1. The lowest BCUT2D eigenvalue weighted by molar-refractivity contribution is -0.159. The molecule has 86 valence electrons. The van der Waals surface area contributed by atoms with E-state index in [0.29, 0.717) is 6.54 Å². The molecule has 5 heteroatoms. The van der Waals surface area contributed by atoms with E-state index in [-0.39, 0.29) is 5.54 Å². The number of nitrogens with one attached hydrogen (secondary N) is 1. The van der Waals surface area contributed by atoms with E-state index in [1.165, 1.54) is 6.42 Å². The molecule has 1 aliphatic carbocycles. The third kappa shape index (κ3) is 2.12.